The molecule has 0 bridgehead atoms. The third-order valence-corrected chi connectivity index (χ3v) is 19.1. The van der Waals surface area contributed by atoms with Crippen LogP contribution in [0.4, 0.5) is 0 Å². The van der Waals surface area contributed by atoms with Gasteiger partial charge in [0.1, 0.15) is 41.5 Å². The van der Waals surface area contributed by atoms with Crippen LogP contribution in [0, 0.1) is 0 Å². The Labute approximate surface area is 587 Å². The summed E-state index contributed by atoms with van der Waals surface area (Å²) >= 11 is 3.48. The zero-order valence-electron chi connectivity index (χ0n) is 58.2. The lowest BCUT2D eigenvalue weighted by Gasteiger charge is -2.28. The van der Waals surface area contributed by atoms with E-state index in [1.165, 1.54) is 38.8 Å². The number of phenolic OH excluding ortho intramolecular Hbond substituents is 1. The van der Waals surface area contributed by atoms with Crippen LogP contribution in [0.1, 0.15) is 105 Å². The van der Waals surface area contributed by atoms with Crippen LogP contribution in [0.3, 0.4) is 0 Å². The largest absolute Gasteiger partial charge is 0.508 e. The van der Waals surface area contributed by atoms with E-state index >= 15 is 0 Å². The number of phenols is 1. The number of pyridine rings is 2. The summed E-state index contributed by atoms with van der Waals surface area (Å²) in [6, 6.07) is 83.8. The summed E-state index contributed by atoms with van der Waals surface area (Å²) in [6.07, 6.45) is 7.53. The monoisotopic (exact) mass is 1360 g/mol. The molecule has 11 heteroatoms. The van der Waals surface area contributed by atoms with Gasteiger partial charge in [0.25, 0.3) is 0 Å². The molecule has 0 fully saturated rings. The topological polar surface area (TPSA) is 101 Å². The van der Waals surface area contributed by atoms with Crippen LogP contribution in [-0.4, -0.2) is 43.3 Å². The summed E-state index contributed by atoms with van der Waals surface area (Å²) in [5, 5.41) is 14.8. The summed E-state index contributed by atoms with van der Waals surface area (Å²) in [7, 11) is 0. The number of para-hydroxylation sites is 6. The van der Waals surface area contributed by atoms with Gasteiger partial charge in [-0.2, -0.15) is 0 Å². The van der Waals surface area contributed by atoms with E-state index in [1.807, 2.05) is 104 Å². The van der Waals surface area contributed by atoms with E-state index in [1.54, 1.807) is 6.07 Å². The zero-order chi connectivity index (χ0) is 69.1. The van der Waals surface area contributed by atoms with Crippen LogP contribution >= 0.6 is 15.9 Å². The van der Waals surface area contributed by atoms with Crippen LogP contribution in [0.15, 0.2) is 272 Å². The second-order valence-electron chi connectivity index (χ2n) is 29.7. The molecule has 16 rings (SSSR count). The van der Waals surface area contributed by atoms with Gasteiger partial charge < -0.3 is 9.84 Å². The van der Waals surface area contributed by atoms with E-state index in [0.717, 1.165) is 110 Å². The molecule has 0 saturated carbocycles. The Hall–Kier alpha value is -10.9. The lowest BCUT2D eigenvalue weighted by atomic mass is 9.77. The predicted molar refractivity (Wildman–Crippen MR) is 414 cm³/mol. The van der Waals surface area contributed by atoms with E-state index < -0.39 is 0 Å². The summed E-state index contributed by atoms with van der Waals surface area (Å²) < 4.78 is 16.2. The van der Waals surface area contributed by atoms with Gasteiger partial charge >= 0.3 is 0 Å². The van der Waals surface area contributed by atoms with E-state index in [0.29, 0.717) is 0 Å². The molecule has 0 aliphatic rings. The first-order chi connectivity index (χ1) is 47.4. The fourth-order valence-electron chi connectivity index (χ4n) is 13.4. The van der Waals surface area contributed by atoms with Crippen LogP contribution in [0.5, 0.6) is 17.2 Å². The van der Waals surface area contributed by atoms with E-state index in [2.05, 4.69) is 285 Å². The highest BCUT2D eigenvalue weighted by Crippen LogP contribution is 2.42. The molecule has 6 heterocycles. The Balaban J connectivity index is 0.000000143. The minimum atomic E-state index is -0.0264. The van der Waals surface area contributed by atoms with Crippen LogP contribution in [0.25, 0.3) is 111 Å². The SMILES string of the molecule is Brc1cccc(-n2cnc3ccccc32)c1.CC(C)(C)c1ccc(-c2ccnc(-n3c4ccccc4c4ccc(O)cc43)c2)c(C(C)(C)C)c1.CC(C)(C)c1ccc(-c2ccnc(-n3c4ccccc4c4ccc(Oc5cccc(-n6cnc7ccccc76)c5)cc43)c2)c(C(C)(C)C)c1. The highest BCUT2D eigenvalue weighted by atomic mass is 79.9. The Morgan fingerprint density at radius 2 is 0.778 bits per heavy atom. The second kappa shape index (κ2) is 25.8. The number of benzene rings is 10. The number of rotatable bonds is 8. The molecular formula is C88H81BrN8O2. The van der Waals surface area contributed by atoms with Crippen molar-refractivity contribution >= 4 is 81.6 Å². The van der Waals surface area contributed by atoms with Crippen molar-refractivity contribution in [3.63, 3.8) is 0 Å². The first kappa shape index (κ1) is 65.4. The first-order valence-corrected chi connectivity index (χ1v) is 34.6. The first-order valence-electron chi connectivity index (χ1n) is 33.8. The van der Waals surface area contributed by atoms with Gasteiger partial charge in [0.2, 0.25) is 0 Å². The molecule has 10 nitrogen and oxygen atoms in total. The number of aromatic nitrogens is 8. The maximum Gasteiger partial charge on any atom is 0.138 e. The molecule has 0 aliphatic carbocycles. The molecule has 0 aliphatic heterocycles. The molecule has 492 valence electrons. The molecule has 0 unspecified atom stereocenters. The quantitative estimate of drug-likeness (QED) is 0.163. The second-order valence-corrected chi connectivity index (χ2v) is 30.6. The van der Waals surface area contributed by atoms with Crippen molar-refractivity contribution in [1.29, 1.82) is 0 Å². The number of ether oxygens (including phenoxy) is 1. The molecule has 0 amide bonds. The van der Waals surface area contributed by atoms with Crippen molar-refractivity contribution in [3.05, 3.63) is 294 Å². The Morgan fingerprint density at radius 1 is 0.343 bits per heavy atom. The third kappa shape index (κ3) is 13.1. The van der Waals surface area contributed by atoms with Crippen molar-refractivity contribution < 1.29 is 9.84 Å². The Kier molecular flexibility index (Phi) is 17.1. The molecule has 99 heavy (non-hydrogen) atoms. The minimum Gasteiger partial charge on any atom is -0.508 e. The van der Waals surface area contributed by atoms with Crippen molar-refractivity contribution in [2.45, 2.75) is 105 Å². The van der Waals surface area contributed by atoms with Gasteiger partial charge in [-0.1, -0.05) is 208 Å². The van der Waals surface area contributed by atoms with Gasteiger partial charge in [0, 0.05) is 62.3 Å². The van der Waals surface area contributed by atoms with Gasteiger partial charge in [-0.15, -0.1) is 0 Å². The molecule has 1 N–H and O–H groups in total. The maximum absolute atomic E-state index is 10.2. The van der Waals surface area contributed by atoms with Gasteiger partial charge in [0.05, 0.1) is 49.8 Å². The third-order valence-electron chi connectivity index (χ3n) is 18.6. The standard InChI is InChI=1S/C44H40N4O.C31H32N2O.C13H9BrN2/c1-43(2,3)30-18-20-34(37(25-30)44(4,5)6)29-22-23-45-42(24-29)48-39-16-9-7-14-35(39)36-21-19-33(27-41(36)48)49-32-13-11-12-31(26-32)47-28-46-38-15-8-10-17-40(38)47;1-30(2,3)21-11-13-23(26(18-21)31(4,5)6)20-15-16-32-29(17-20)33-27-10-8-7-9-24(27)25-14-12-22(34)19-28(25)33;14-10-4-3-5-11(8-10)16-9-15-12-6-1-2-7-13(12)16/h7-28H,1-6H3;7-19,34H,1-6H3;1-9H. The Bertz CT molecular complexity index is 5700. The molecule has 0 atom stereocenters. The number of hydrogen-bond donors (Lipinski definition) is 1. The maximum atomic E-state index is 10.2. The summed E-state index contributed by atoms with van der Waals surface area (Å²) in [4.78, 5) is 18.7. The van der Waals surface area contributed by atoms with Gasteiger partial charge in [0.15, 0.2) is 0 Å². The normalized spacial score (nSPS) is 12.1. The fourth-order valence-corrected chi connectivity index (χ4v) is 13.8. The van der Waals surface area contributed by atoms with Crippen LogP contribution < -0.4 is 4.74 Å². The fraction of sp³-hybridized carbons (Fsp3) is 0.182. The van der Waals surface area contributed by atoms with Crippen molar-refractivity contribution in [2.24, 2.45) is 0 Å². The summed E-state index contributed by atoms with van der Waals surface area (Å²) in [5.74, 6) is 3.48. The van der Waals surface area contributed by atoms with E-state index in [-0.39, 0.29) is 27.4 Å². The van der Waals surface area contributed by atoms with Gasteiger partial charge in [-0.05, 0) is 181 Å². The number of hydrogen-bond acceptors (Lipinski definition) is 6. The molecule has 0 radical (unpaired) electrons. The Morgan fingerprint density at radius 3 is 1.27 bits per heavy atom. The van der Waals surface area contributed by atoms with E-state index in [9.17, 15) is 5.11 Å². The molecule has 10 aromatic carbocycles. The lowest BCUT2D eigenvalue weighted by Crippen LogP contribution is -2.17. The van der Waals surface area contributed by atoms with Crippen molar-refractivity contribution in [3.8, 4) is 62.5 Å². The lowest BCUT2D eigenvalue weighted by molar-refractivity contribution is 0.476. The molecule has 0 spiro atoms. The molecule has 0 saturated heterocycles. The minimum absolute atomic E-state index is 0.00133. The molecular weight excluding hydrogens is 1280 g/mol. The number of imidazole rings is 2. The smallest absolute Gasteiger partial charge is 0.138 e. The van der Waals surface area contributed by atoms with Crippen molar-refractivity contribution in [2.75, 3.05) is 0 Å². The van der Waals surface area contributed by atoms with Crippen LogP contribution in [0.2, 0.25) is 0 Å². The summed E-state index contributed by atoms with van der Waals surface area (Å²) in [6.45, 7) is 27.3. The summed E-state index contributed by atoms with van der Waals surface area (Å²) in [5.41, 5.74) is 20.7. The number of nitrogens with zero attached hydrogens (tertiary/aromatic N) is 8. The average Bonchev–Trinajstić information content (AvgIpc) is 1.63. The molecule has 6 aromatic heterocycles. The number of fused-ring (bicyclic) bond motifs is 8. The van der Waals surface area contributed by atoms with Gasteiger partial charge in [-0.25, -0.2) is 19.9 Å². The highest BCUT2D eigenvalue weighted by molar-refractivity contribution is 9.10. The highest BCUT2D eigenvalue weighted by Gasteiger charge is 2.26. The van der Waals surface area contributed by atoms with E-state index in [4.69, 9.17) is 14.7 Å². The number of aromatic hydroxyl groups is 1. The predicted octanol–water partition coefficient (Wildman–Crippen LogP) is 23.5. The van der Waals surface area contributed by atoms with Crippen LogP contribution in [-0.2, 0) is 21.7 Å². The zero-order valence-corrected chi connectivity index (χ0v) is 59.8. The van der Waals surface area contributed by atoms with Crippen molar-refractivity contribution in [1.82, 2.24) is 38.2 Å². The van der Waals surface area contributed by atoms with Gasteiger partial charge in [-0.3, -0.25) is 18.3 Å². The average molecular weight is 1360 g/mol. The molecule has 16 aromatic rings. The number of halogens is 1.